The molecule has 1 aliphatic heterocycles. The number of methoxy groups -OCH3 is 3. The Balaban J connectivity index is 1.64. The summed E-state index contributed by atoms with van der Waals surface area (Å²) in [5, 5.41) is 0. The zero-order valence-electron chi connectivity index (χ0n) is 17.8. The van der Waals surface area contributed by atoms with E-state index >= 15 is 0 Å². The molecule has 31 heavy (non-hydrogen) atoms. The zero-order valence-corrected chi connectivity index (χ0v) is 18.6. The highest BCUT2D eigenvalue weighted by atomic mass is 32.2. The van der Waals surface area contributed by atoms with Crippen LogP contribution in [0.3, 0.4) is 0 Å². The van der Waals surface area contributed by atoms with Crippen LogP contribution < -0.4 is 14.2 Å². The van der Waals surface area contributed by atoms with Crippen molar-refractivity contribution in [1.82, 2.24) is 9.21 Å². The van der Waals surface area contributed by atoms with Gasteiger partial charge in [0, 0.05) is 38.3 Å². The van der Waals surface area contributed by atoms with E-state index in [9.17, 15) is 13.2 Å². The molecule has 3 rings (SSSR count). The zero-order chi connectivity index (χ0) is 22.4. The molecule has 2 aromatic rings. The molecule has 1 saturated heterocycles. The van der Waals surface area contributed by atoms with Crippen molar-refractivity contribution < 1.29 is 27.4 Å². The van der Waals surface area contributed by atoms with Crippen molar-refractivity contribution in [2.24, 2.45) is 0 Å². The van der Waals surface area contributed by atoms with Gasteiger partial charge >= 0.3 is 0 Å². The second-order valence-electron chi connectivity index (χ2n) is 6.86. The maximum Gasteiger partial charge on any atom is 0.246 e. The topological polar surface area (TPSA) is 85.4 Å². The van der Waals surface area contributed by atoms with Crippen LogP contribution in [-0.4, -0.2) is 71.0 Å². The van der Waals surface area contributed by atoms with Gasteiger partial charge in [0.05, 0.1) is 26.2 Å². The third kappa shape index (κ3) is 5.18. The second kappa shape index (κ2) is 9.84. The molecule has 0 unspecified atom stereocenters. The van der Waals surface area contributed by atoms with E-state index < -0.39 is 10.0 Å². The largest absolute Gasteiger partial charge is 0.497 e. The first-order valence-electron chi connectivity index (χ1n) is 9.72. The molecule has 2 aromatic carbocycles. The minimum Gasteiger partial charge on any atom is -0.497 e. The summed E-state index contributed by atoms with van der Waals surface area (Å²) in [6, 6.07) is 11.9. The Labute approximate surface area is 182 Å². The first-order valence-corrected chi connectivity index (χ1v) is 11.2. The summed E-state index contributed by atoms with van der Waals surface area (Å²) in [6.45, 7) is 1.06. The van der Waals surface area contributed by atoms with Crippen molar-refractivity contribution in [2.45, 2.75) is 4.90 Å². The molecular formula is C22H26N2O6S. The van der Waals surface area contributed by atoms with Crippen molar-refractivity contribution in [2.75, 3.05) is 47.5 Å². The molecule has 0 atom stereocenters. The van der Waals surface area contributed by atoms with Crippen LogP contribution >= 0.6 is 0 Å². The van der Waals surface area contributed by atoms with Crippen LogP contribution in [0.2, 0.25) is 0 Å². The Bertz CT molecular complexity index is 1060. The van der Waals surface area contributed by atoms with E-state index in [1.165, 1.54) is 36.7 Å². The lowest BCUT2D eigenvalue weighted by Crippen LogP contribution is -2.50. The molecule has 166 valence electrons. The van der Waals surface area contributed by atoms with Crippen molar-refractivity contribution >= 4 is 22.0 Å². The summed E-state index contributed by atoms with van der Waals surface area (Å²) >= 11 is 0. The highest BCUT2D eigenvalue weighted by Crippen LogP contribution is 2.30. The highest BCUT2D eigenvalue weighted by molar-refractivity contribution is 7.89. The number of amides is 1. The van der Waals surface area contributed by atoms with Gasteiger partial charge in [0.2, 0.25) is 15.9 Å². The first kappa shape index (κ1) is 22.6. The van der Waals surface area contributed by atoms with Crippen LogP contribution in [-0.2, 0) is 14.8 Å². The van der Waals surface area contributed by atoms with Crippen LogP contribution in [0.5, 0.6) is 17.2 Å². The summed E-state index contributed by atoms with van der Waals surface area (Å²) in [5.41, 5.74) is 0.849. The van der Waals surface area contributed by atoms with E-state index in [4.69, 9.17) is 14.2 Å². The van der Waals surface area contributed by atoms with Gasteiger partial charge in [-0.25, -0.2) is 8.42 Å². The minimum atomic E-state index is -3.70. The van der Waals surface area contributed by atoms with Crippen molar-refractivity contribution in [3.05, 3.63) is 54.1 Å². The Hall–Kier alpha value is -3.04. The molecule has 1 heterocycles. The molecule has 1 amide bonds. The Morgan fingerprint density at radius 3 is 2.26 bits per heavy atom. The maximum absolute atomic E-state index is 13.0. The molecule has 8 nitrogen and oxygen atoms in total. The number of piperazine rings is 1. The predicted octanol–water partition coefficient (Wildman–Crippen LogP) is 2.26. The van der Waals surface area contributed by atoms with Crippen LogP contribution in [0, 0.1) is 0 Å². The molecule has 0 bridgehead atoms. The van der Waals surface area contributed by atoms with E-state index in [1.807, 2.05) is 24.3 Å². The number of benzene rings is 2. The van der Waals surface area contributed by atoms with Crippen LogP contribution in [0.1, 0.15) is 5.56 Å². The quantitative estimate of drug-likeness (QED) is 0.607. The number of hydrogen-bond donors (Lipinski definition) is 0. The van der Waals surface area contributed by atoms with Crippen molar-refractivity contribution in [1.29, 1.82) is 0 Å². The summed E-state index contributed by atoms with van der Waals surface area (Å²) in [4.78, 5) is 14.3. The SMILES string of the molecule is COc1cccc(/C=C/C(=O)N2CCN(S(=O)(=O)c3ccc(OC)c(OC)c3)CC2)c1. The summed E-state index contributed by atoms with van der Waals surface area (Å²) < 4.78 is 42.9. The number of carbonyl (C=O) groups is 1. The third-order valence-electron chi connectivity index (χ3n) is 5.06. The van der Waals surface area contributed by atoms with Gasteiger partial charge in [0.15, 0.2) is 11.5 Å². The molecule has 1 aliphatic rings. The molecule has 0 radical (unpaired) electrons. The van der Waals surface area contributed by atoms with E-state index in [-0.39, 0.29) is 23.9 Å². The summed E-state index contributed by atoms with van der Waals surface area (Å²) in [6.07, 6.45) is 3.21. The highest BCUT2D eigenvalue weighted by Gasteiger charge is 2.30. The fourth-order valence-electron chi connectivity index (χ4n) is 3.29. The lowest BCUT2D eigenvalue weighted by molar-refractivity contribution is -0.127. The maximum atomic E-state index is 13.0. The fraction of sp³-hybridized carbons (Fsp3) is 0.318. The number of ether oxygens (including phenoxy) is 3. The standard InChI is InChI=1S/C22H26N2O6S/c1-28-18-6-4-5-17(15-18)7-10-22(25)23-11-13-24(14-12-23)31(26,27)19-8-9-20(29-2)21(16-19)30-3/h4-10,15-16H,11-14H2,1-3H3/b10-7+. The lowest BCUT2D eigenvalue weighted by atomic mass is 10.2. The normalized spacial score (nSPS) is 15.1. The smallest absolute Gasteiger partial charge is 0.246 e. The van der Waals surface area contributed by atoms with Gasteiger partial charge in [-0.05, 0) is 35.9 Å². The monoisotopic (exact) mass is 446 g/mol. The van der Waals surface area contributed by atoms with Gasteiger partial charge < -0.3 is 19.1 Å². The fourth-order valence-corrected chi connectivity index (χ4v) is 4.73. The van der Waals surface area contributed by atoms with Gasteiger partial charge in [-0.2, -0.15) is 4.31 Å². The van der Waals surface area contributed by atoms with Gasteiger partial charge in [-0.15, -0.1) is 0 Å². The Morgan fingerprint density at radius 1 is 0.903 bits per heavy atom. The van der Waals surface area contributed by atoms with Gasteiger partial charge in [-0.3, -0.25) is 4.79 Å². The van der Waals surface area contributed by atoms with E-state index in [2.05, 4.69) is 0 Å². The minimum absolute atomic E-state index is 0.128. The van der Waals surface area contributed by atoms with Gasteiger partial charge in [0.1, 0.15) is 5.75 Å². The molecule has 0 spiro atoms. The summed E-state index contributed by atoms with van der Waals surface area (Å²) in [5.74, 6) is 1.36. The number of sulfonamides is 1. The summed E-state index contributed by atoms with van der Waals surface area (Å²) in [7, 11) is 0.830. The average molecular weight is 447 g/mol. The number of rotatable bonds is 7. The van der Waals surface area contributed by atoms with Crippen LogP contribution in [0.25, 0.3) is 6.08 Å². The van der Waals surface area contributed by atoms with Crippen molar-refractivity contribution in [3.8, 4) is 17.2 Å². The Kier molecular flexibility index (Phi) is 7.19. The molecule has 9 heteroatoms. The van der Waals surface area contributed by atoms with Gasteiger partial charge in [-0.1, -0.05) is 12.1 Å². The van der Waals surface area contributed by atoms with E-state index in [0.717, 1.165) is 5.56 Å². The Morgan fingerprint density at radius 2 is 1.61 bits per heavy atom. The molecular weight excluding hydrogens is 420 g/mol. The molecule has 0 N–H and O–H groups in total. The predicted molar refractivity (Wildman–Crippen MR) is 117 cm³/mol. The third-order valence-corrected chi connectivity index (χ3v) is 6.95. The van der Waals surface area contributed by atoms with E-state index in [1.54, 1.807) is 24.2 Å². The molecule has 0 saturated carbocycles. The second-order valence-corrected chi connectivity index (χ2v) is 8.79. The lowest BCUT2D eigenvalue weighted by Gasteiger charge is -2.33. The molecule has 0 aliphatic carbocycles. The number of carbonyl (C=O) groups excluding carboxylic acids is 1. The van der Waals surface area contributed by atoms with E-state index in [0.29, 0.717) is 30.3 Å². The molecule has 0 aromatic heterocycles. The first-order chi connectivity index (χ1) is 14.9. The van der Waals surface area contributed by atoms with Crippen LogP contribution in [0.15, 0.2) is 53.4 Å². The van der Waals surface area contributed by atoms with Crippen LogP contribution in [0.4, 0.5) is 0 Å². The molecule has 1 fully saturated rings. The number of hydrogen-bond acceptors (Lipinski definition) is 6. The van der Waals surface area contributed by atoms with Crippen molar-refractivity contribution in [3.63, 3.8) is 0 Å². The van der Waals surface area contributed by atoms with Gasteiger partial charge in [0.25, 0.3) is 0 Å². The number of nitrogens with zero attached hydrogens (tertiary/aromatic N) is 2. The average Bonchev–Trinajstić information content (AvgIpc) is 2.82.